The van der Waals surface area contributed by atoms with Crippen molar-refractivity contribution in [3.05, 3.63) is 71.8 Å². The zero-order valence-electron chi connectivity index (χ0n) is 14.5. The highest BCUT2D eigenvalue weighted by molar-refractivity contribution is 7.59. The van der Waals surface area contributed by atoms with Gasteiger partial charge in [0.2, 0.25) is 0 Å². The Kier molecular flexibility index (Phi) is 7.09. The Labute approximate surface area is 163 Å². The third-order valence-electron chi connectivity index (χ3n) is 4.41. The van der Waals surface area contributed by atoms with Crippen molar-refractivity contribution >= 4 is 42.6 Å². The summed E-state index contributed by atoms with van der Waals surface area (Å²) < 4.78 is 14.0. The first-order chi connectivity index (χ1) is 12.5. The molecule has 0 saturated heterocycles. The van der Waals surface area contributed by atoms with Gasteiger partial charge >= 0.3 is 7.12 Å². The van der Waals surface area contributed by atoms with E-state index in [1.54, 1.807) is 12.4 Å². The number of aromatic nitrogens is 1. The molecule has 8 heteroatoms. The van der Waals surface area contributed by atoms with Crippen molar-refractivity contribution in [2.24, 2.45) is 5.73 Å². The summed E-state index contributed by atoms with van der Waals surface area (Å²) in [4.78, 5) is 16.8. The van der Waals surface area contributed by atoms with Crippen molar-refractivity contribution in [3.63, 3.8) is 0 Å². The van der Waals surface area contributed by atoms with Gasteiger partial charge < -0.3 is 15.8 Å². The van der Waals surface area contributed by atoms with Crippen LogP contribution in [0.15, 0.2) is 54.9 Å². The van der Waals surface area contributed by atoms with Gasteiger partial charge in [0.25, 0.3) is 0 Å². The van der Waals surface area contributed by atoms with Gasteiger partial charge in [-0.1, -0.05) is 30.3 Å². The number of carbonyl (C=O) groups is 1. The minimum atomic E-state index is -1.90. The lowest BCUT2D eigenvalue weighted by Gasteiger charge is -2.15. The molecule has 0 aliphatic heterocycles. The van der Waals surface area contributed by atoms with E-state index in [9.17, 15) is 9.18 Å². The molecule has 0 unspecified atom stereocenters. The van der Waals surface area contributed by atoms with Crippen LogP contribution < -0.4 is 11.2 Å². The molecule has 0 spiro atoms. The van der Waals surface area contributed by atoms with E-state index in [4.69, 9.17) is 15.8 Å². The number of halogens is 1. The number of hydrogen-bond donors (Lipinski definition) is 3. The van der Waals surface area contributed by atoms with Crippen molar-refractivity contribution < 1.29 is 19.2 Å². The highest BCUT2D eigenvalue weighted by atomic mass is 32.1. The van der Waals surface area contributed by atoms with Gasteiger partial charge in [-0.25, -0.2) is 4.39 Å². The maximum atomic E-state index is 14.0. The average Bonchev–Trinajstić information content (AvgIpc) is 2.62. The number of ketones is 1. The van der Waals surface area contributed by atoms with E-state index < -0.39 is 18.9 Å². The van der Waals surface area contributed by atoms with E-state index >= 15 is 0 Å². The molecule has 0 aliphatic rings. The fourth-order valence-electron chi connectivity index (χ4n) is 2.99. The first kappa shape index (κ1) is 21.0. The standard InChI is InChI=1S/C19H18BFN2O3.H2S/c21-18-9-14(3-4-17(18)20(25)26)16(10-22)19(24)8-12-1-2-15-11-23-6-5-13(15)7-12;/h1-7,9,11,16,25-26H,8,10,22H2;1H2/t16-;/m1./s1. The lowest BCUT2D eigenvalue weighted by Crippen LogP contribution is -2.33. The van der Waals surface area contributed by atoms with Crippen LogP contribution in [-0.2, 0) is 11.2 Å². The quantitative estimate of drug-likeness (QED) is 0.550. The SMILES string of the molecule is NC[C@@H](C(=O)Cc1ccc2cnccc2c1)c1ccc(B(O)O)c(F)c1.S. The van der Waals surface area contributed by atoms with Gasteiger partial charge in [0.1, 0.15) is 11.6 Å². The van der Waals surface area contributed by atoms with E-state index in [0.29, 0.717) is 5.56 Å². The number of fused-ring (bicyclic) bond motifs is 1. The number of hydrogen-bond acceptors (Lipinski definition) is 5. The molecule has 1 heterocycles. The summed E-state index contributed by atoms with van der Waals surface area (Å²) in [6.45, 7) is 0.0385. The predicted octanol–water partition coefficient (Wildman–Crippen LogP) is 1.02. The Bertz CT molecular complexity index is 955. The van der Waals surface area contributed by atoms with Crippen molar-refractivity contribution in [3.8, 4) is 0 Å². The first-order valence-electron chi connectivity index (χ1n) is 8.20. The second-order valence-electron chi connectivity index (χ2n) is 6.14. The maximum absolute atomic E-state index is 14.0. The Morgan fingerprint density at radius 2 is 1.93 bits per heavy atom. The van der Waals surface area contributed by atoms with Crippen LogP contribution in [0.4, 0.5) is 4.39 Å². The lowest BCUT2D eigenvalue weighted by atomic mass is 9.78. The largest absolute Gasteiger partial charge is 0.491 e. The molecule has 5 nitrogen and oxygen atoms in total. The fraction of sp³-hybridized carbons (Fsp3) is 0.158. The van der Waals surface area contributed by atoms with Gasteiger partial charge in [-0.3, -0.25) is 9.78 Å². The Morgan fingerprint density at radius 1 is 1.15 bits per heavy atom. The highest BCUT2D eigenvalue weighted by Crippen LogP contribution is 2.21. The lowest BCUT2D eigenvalue weighted by molar-refractivity contribution is -0.119. The van der Waals surface area contributed by atoms with Crippen LogP contribution >= 0.6 is 13.5 Å². The summed E-state index contributed by atoms with van der Waals surface area (Å²) >= 11 is 0. The van der Waals surface area contributed by atoms with Gasteiger partial charge in [-0.2, -0.15) is 13.5 Å². The number of carbonyl (C=O) groups excluding carboxylic acids is 1. The van der Waals surface area contributed by atoms with Crippen LogP contribution in [0.2, 0.25) is 0 Å². The summed E-state index contributed by atoms with van der Waals surface area (Å²) in [7, 11) is -1.90. The van der Waals surface area contributed by atoms with Gasteiger partial charge in [-0.15, -0.1) is 0 Å². The zero-order valence-corrected chi connectivity index (χ0v) is 15.5. The monoisotopic (exact) mass is 386 g/mol. The summed E-state index contributed by atoms with van der Waals surface area (Å²) in [5.41, 5.74) is 6.77. The van der Waals surface area contributed by atoms with Crippen LogP contribution in [0.1, 0.15) is 17.0 Å². The molecule has 1 aromatic heterocycles. The third kappa shape index (κ3) is 4.73. The molecule has 0 fully saturated rings. The molecule has 140 valence electrons. The van der Waals surface area contributed by atoms with Gasteiger partial charge in [0.05, 0.1) is 5.92 Å². The third-order valence-corrected chi connectivity index (χ3v) is 4.41. The van der Waals surface area contributed by atoms with E-state index in [1.807, 2.05) is 24.3 Å². The Balaban J connectivity index is 0.00000261. The molecule has 0 radical (unpaired) electrons. The van der Waals surface area contributed by atoms with Gasteiger partial charge in [0.15, 0.2) is 0 Å². The number of rotatable bonds is 6. The van der Waals surface area contributed by atoms with Crippen LogP contribution in [0.5, 0.6) is 0 Å². The average molecular weight is 386 g/mol. The molecule has 1 atom stereocenters. The molecule has 27 heavy (non-hydrogen) atoms. The van der Waals surface area contributed by atoms with E-state index in [2.05, 4.69) is 4.98 Å². The Morgan fingerprint density at radius 3 is 2.59 bits per heavy atom. The van der Waals surface area contributed by atoms with Crippen molar-refractivity contribution in [2.45, 2.75) is 12.3 Å². The number of pyridine rings is 1. The molecule has 4 N–H and O–H groups in total. The highest BCUT2D eigenvalue weighted by Gasteiger charge is 2.23. The van der Waals surface area contributed by atoms with Crippen molar-refractivity contribution in [1.29, 1.82) is 0 Å². The summed E-state index contributed by atoms with van der Waals surface area (Å²) in [6, 6.07) is 11.5. The summed E-state index contributed by atoms with van der Waals surface area (Å²) in [5.74, 6) is -1.57. The van der Waals surface area contributed by atoms with Crippen LogP contribution in [0, 0.1) is 5.82 Å². The van der Waals surface area contributed by atoms with Gasteiger partial charge in [-0.05, 0) is 28.6 Å². The van der Waals surface area contributed by atoms with E-state index in [-0.39, 0.29) is 37.7 Å². The zero-order chi connectivity index (χ0) is 18.7. The van der Waals surface area contributed by atoms with Crippen LogP contribution in [0.3, 0.4) is 0 Å². The number of Topliss-reactive ketones (excluding diaryl/α,β-unsaturated/α-hetero) is 1. The van der Waals surface area contributed by atoms with Crippen molar-refractivity contribution in [2.75, 3.05) is 6.54 Å². The smallest absolute Gasteiger partial charge is 0.423 e. The number of benzene rings is 2. The van der Waals surface area contributed by atoms with Gasteiger partial charge in [0, 0.05) is 36.2 Å². The molecular formula is C19H20BFN2O3S. The van der Waals surface area contributed by atoms with Crippen LogP contribution in [-0.4, -0.2) is 34.5 Å². The van der Waals surface area contributed by atoms with E-state index in [1.165, 1.54) is 12.1 Å². The topological polar surface area (TPSA) is 96.4 Å². The second-order valence-corrected chi connectivity index (χ2v) is 6.14. The molecule has 2 aromatic carbocycles. The fourth-order valence-corrected chi connectivity index (χ4v) is 2.99. The molecule has 3 aromatic rings. The molecule has 0 aliphatic carbocycles. The molecule has 0 saturated carbocycles. The van der Waals surface area contributed by atoms with Crippen molar-refractivity contribution in [1.82, 2.24) is 4.98 Å². The Hall–Kier alpha value is -2.26. The second kappa shape index (κ2) is 9.10. The predicted molar refractivity (Wildman–Crippen MR) is 109 cm³/mol. The molecule has 0 amide bonds. The summed E-state index contributed by atoms with van der Waals surface area (Å²) in [6.07, 6.45) is 3.62. The van der Waals surface area contributed by atoms with E-state index in [0.717, 1.165) is 22.4 Å². The molecule has 0 bridgehead atoms. The molecule has 3 rings (SSSR count). The van der Waals surface area contributed by atoms with Crippen LogP contribution in [0.25, 0.3) is 10.8 Å². The summed E-state index contributed by atoms with van der Waals surface area (Å²) in [5, 5.41) is 20.2. The number of nitrogens with two attached hydrogens (primary N) is 1. The normalized spacial score (nSPS) is 11.7. The minimum Gasteiger partial charge on any atom is -0.423 e. The molecular weight excluding hydrogens is 366 g/mol. The first-order valence-corrected chi connectivity index (χ1v) is 8.20. The minimum absolute atomic E-state index is 0. The maximum Gasteiger partial charge on any atom is 0.491 e. The number of nitrogens with zero attached hydrogens (tertiary/aromatic N) is 1.